The van der Waals surface area contributed by atoms with Crippen LogP contribution in [0.2, 0.25) is 0 Å². The fourth-order valence-electron chi connectivity index (χ4n) is 3.22. The molecule has 1 unspecified atom stereocenters. The first kappa shape index (κ1) is 16.2. The van der Waals surface area contributed by atoms with Crippen molar-refractivity contribution in [2.75, 3.05) is 39.0 Å². The molecule has 2 heterocycles. The lowest BCUT2D eigenvalue weighted by molar-refractivity contribution is 0.264. The predicted molar refractivity (Wildman–Crippen MR) is 82.3 cm³/mol. The second-order valence-electron chi connectivity index (χ2n) is 6.17. The maximum atomic E-state index is 11.8. The normalized spacial score (nSPS) is 28.4. The number of rotatable bonds is 4. The van der Waals surface area contributed by atoms with Gasteiger partial charge in [-0.05, 0) is 59.2 Å². The van der Waals surface area contributed by atoms with Crippen molar-refractivity contribution in [3.63, 3.8) is 0 Å². The van der Waals surface area contributed by atoms with E-state index in [0.717, 1.165) is 12.8 Å². The average molecular weight is 303 g/mol. The molecule has 0 radical (unpaired) electrons. The highest BCUT2D eigenvalue weighted by atomic mass is 32.2. The minimum Gasteiger partial charge on any atom is -0.311 e. The second-order valence-corrected chi connectivity index (χ2v) is 8.43. The fraction of sp³-hybridized carbons (Fsp3) is 1.00. The second kappa shape index (κ2) is 7.20. The van der Waals surface area contributed by atoms with Crippen molar-refractivity contribution in [1.82, 2.24) is 14.5 Å². The van der Waals surface area contributed by atoms with Gasteiger partial charge in [0.2, 0.25) is 10.0 Å². The molecule has 2 fully saturated rings. The summed E-state index contributed by atoms with van der Waals surface area (Å²) in [6.45, 7) is 5.45. The van der Waals surface area contributed by atoms with Gasteiger partial charge < -0.3 is 10.2 Å². The number of sulfonamides is 1. The molecule has 0 aromatic carbocycles. The maximum absolute atomic E-state index is 11.8. The molecule has 0 bridgehead atoms. The van der Waals surface area contributed by atoms with Crippen LogP contribution in [-0.4, -0.2) is 68.7 Å². The van der Waals surface area contributed by atoms with Gasteiger partial charge in [-0.2, -0.15) is 0 Å². The van der Waals surface area contributed by atoms with E-state index in [0.29, 0.717) is 25.2 Å². The van der Waals surface area contributed by atoms with Crippen LogP contribution in [0.1, 0.15) is 39.0 Å². The van der Waals surface area contributed by atoms with E-state index >= 15 is 0 Å². The van der Waals surface area contributed by atoms with Gasteiger partial charge in [0.05, 0.1) is 5.75 Å². The van der Waals surface area contributed by atoms with Gasteiger partial charge in [-0.25, -0.2) is 12.7 Å². The van der Waals surface area contributed by atoms with Gasteiger partial charge in [0.15, 0.2) is 0 Å². The van der Waals surface area contributed by atoms with Gasteiger partial charge in [-0.3, -0.25) is 0 Å². The van der Waals surface area contributed by atoms with Gasteiger partial charge in [0.25, 0.3) is 0 Å². The van der Waals surface area contributed by atoms with Crippen molar-refractivity contribution in [1.29, 1.82) is 0 Å². The van der Waals surface area contributed by atoms with Crippen molar-refractivity contribution >= 4 is 10.0 Å². The highest BCUT2D eigenvalue weighted by Crippen LogP contribution is 2.17. The molecule has 0 aromatic rings. The number of nitrogens with one attached hydrogen (secondary N) is 1. The zero-order valence-electron chi connectivity index (χ0n) is 12.8. The molecule has 0 spiro atoms. The molecule has 5 nitrogen and oxygen atoms in total. The molecular formula is C14H29N3O2S. The molecule has 2 saturated heterocycles. The molecule has 0 saturated carbocycles. The Balaban J connectivity index is 1.77. The monoisotopic (exact) mass is 303 g/mol. The summed E-state index contributed by atoms with van der Waals surface area (Å²) in [4.78, 5) is 2.40. The number of hydrogen-bond donors (Lipinski definition) is 1. The summed E-state index contributed by atoms with van der Waals surface area (Å²) in [5, 5.41) is 3.76. The Labute approximate surface area is 123 Å². The van der Waals surface area contributed by atoms with Crippen LogP contribution in [0.5, 0.6) is 0 Å². The van der Waals surface area contributed by atoms with Crippen molar-refractivity contribution in [3.8, 4) is 0 Å². The summed E-state index contributed by atoms with van der Waals surface area (Å²) in [7, 11) is -0.801. The minimum atomic E-state index is -2.99. The van der Waals surface area contributed by atoms with Gasteiger partial charge in [-0.15, -0.1) is 0 Å². The van der Waals surface area contributed by atoms with E-state index in [1.165, 1.54) is 32.4 Å². The van der Waals surface area contributed by atoms with E-state index in [4.69, 9.17) is 0 Å². The van der Waals surface area contributed by atoms with Crippen molar-refractivity contribution in [2.45, 2.75) is 51.1 Å². The molecule has 1 N–H and O–H groups in total. The van der Waals surface area contributed by atoms with E-state index in [1.807, 2.05) is 0 Å². The van der Waals surface area contributed by atoms with Crippen LogP contribution in [0.4, 0.5) is 0 Å². The number of piperidine rings is 1. The Bertz CT molecular complexity index is 391. The van der Waals surface area contributed by atoms with E-state index < -0.39 is 10.0 Å². The summed E-state index contributed by atoms with van der Waals surface area (Å²) in [5.41, 5.74) is 0. The summed E-state index contributed by atoms with van der Waals surface area (Å²) >= 11 is 0. The van der Waals surface area contributed by atoms with E-state index in [9.17, 15) is 8.42 Å². The first-order chi connectivity index (χ1) is 9.51. The molecule has 0 amide bonds. The molecule has 6 heteroatoms. The SMILES string of the molecule is CCS(=O)(=O)N1CCC(NC2CCCN(C)CC2)CC1. The van der Waals surface area contributed by atoms with Crippen LogP contribution in [0.3, 0.4) is 0 Å². The van der Waals surface area contributed by atoms with Crippen molar-refractivity contribution < 1.29 is 8.42 Å². The molecule has 2 aliphatic heterocycles. The Kier molecular flexibility index (Phi) is 5.84. The molecule has 2 rings (SSSR count). The van der Waals surface area contributed by atoms with Crippen molar-refractivity contribution in [3.05, 3.63) is 0 Å². The summed E-state index contributed by atoms with van der Waals surface area (Å²) in [6.07, 6.45) is 5.62. The molecule has 118 valence electrons. The minimum absolute atomic E-state index is 0.222. The molecule has 2 aliphatic rings. The topological polar surface area (TPSA) is 52.7 Å². The van der Waals surface area contributed by atoms with Gasteiger partial charge >= 0.3 is 0 Å². The van der Waals surface area contributed by atoms with Crippen LogP contribution in [0.25, 0.3) is 0 Å². The smallest absolute Gasteiger partial charge is 0.213 e. The Hall–Kier alpha value is -0.170. The highest BCUT2D eigenvalue weighted by molar-refractivity contribution is 7.89. The summed E-state index contributed by atoms with van der Waals surface area (Å²) in [5.74, 6) is 0.222. The zero-order valence-corrected chi connectivity index (χ0v) is 13.7. The molecule has 1 atom stereocenters. The lowest BCUT2D eigenvalue weighted by Gasteiger charge is -2.33. The molecule has 0 aliphatic carbocycles. The third-order valence-electron chi connectivity index (χ3n) is 4.64. The average Bonchev–Trinajstić information content (AvgIpc) is 2.64. The third-order valence-corrected chi connectivity index (χ3v) is 6.52. The first-order valence-corrected chi connectivity index (χ1v) is 9.54. The number of hydrogen-bond acceptors (Lipinski definition) is 4. The molecule has 0 aromatic heterocycles. The predicted octanol–water partition coefficient (Wildman–Crippen LogP) is 0.874. The summed E-state index contributed by atoms with van der Waals surface area (Å²) < 4.78 is 25.3. The fourth-order valence-corrected chi connectivity index (χ4v) is 4.36. The molecular weight excluding hydrogens is 274 g/mol. The number of likely N-dealkylation sites (tertiary alicyclic amines) is 1. The largest absolute Gasteiger partial charge is 0.311 e. The first-order valence-electron chi connectivity index (χ1n) is 7.93. The van der Waals surface area contributed by atoms with Crippen LogP contribution in [0, 0.1) is 0 Å². The van der Waals surface area contributed by atoms with E-state index in [2.05, 4.69) is 17.3 Å². The molecule has 20 heavy (non-hydrogen) atoms. The summed E-state index contributed by atoms with van der Waals surface area (Å²) in [6, 6.07) is 1.10. The number of nitrogens with zero attached hydrogens (tertiary/aromatic N) is 2. The van der Waals surface area contributed by atoms with Gasteiger partial charge in [-0.1, -0.05) is 0 Å². The quantitative estimate of drug-likeness (QED) is 0.837. The lowest BCUT2D eigenvalue weighted by atomic mass is 10.0. The Morgan fingerprint density at radius 1 is 1.00 bits per heavy atom. The van der Waals surface area contributed by atoms with E-state index in [1.54, 1.807) is 11.2 Å². The highest BCUT2D eigenvalue weighted by Gasteiger charge is 2.28. The van der Waals surface area contributed by atoms with Crippen LogP contribution >= 0.6 is 0 Å². The van der Waals surface area contributed by atoms with Gasteiger partial charge in [0, 0.05) is 25.2 Å². The van der Waals surface area contributed by atoms with E-state index in [-0.39, 0.29) is 5.75 Å². The van der Waals surface area contributed by atoms with Crippen LogP contribution in [0.15, 0.2) is 0 Å². The maximum Gasteiger partial charge on any atom is 0.213 e. The Morgan fingerprint density at radius 2 is 1.60 bits per heavy atom. The zero-order chi connectivity index (χ0) is 14.6. The van der Waals surface area contributed by atoms with Gasteiger partial charge in [0.1, 0.15) is 0 Å². The van der Waals surface area contributed by atoms with Crippen LogP contribution in [-0.2, 0) is 10.0 Å². The van der Waals surface area contributed by atoms with Crippen LogP contribution < -0.4 is 5.32 Å². The third kappa shape index (κ3) is 4.41. The standard InChI is InChI=1S/C14H29N3O2S/c1-3-20(18,19)17-11-7-14(8-12-17)15-13-5-4-9-16(2)10-6-13/h13-15H,3-12H2,1-2H3. The van der Waals surface area contributed by atoms with Crippen molar-refractivity contribution in [2.24, 2.45) is 0 Å². The Morgan fingerprint density at radius 3 is 2.25 bits per heavy atom. The lowest BCUT2D eigenvalue weighted by Crippen LogP contribution is -2.48.